The SMILES string of the molecule is CNCc1cccnc1-n1ccc(C(C)C)n1. The summed E-state index contributed by atoms with van der Waals surface area (Å²) in [5.74, 6) is 1.33. The average Bonchev–Trinajstić information content (AvgIpc) is 2.79. The molecule has 0 spiro atoms. The Kier molecular flexibility index (Phi) is 3.54. The molecule has 0 fully saturated rings. The molecule has 2 aromatic rings. The first kappa shape index (κ1) is 11.8. The summed E-state index contributed by atoms with van der Waals surface area (Å²) < 4.78 is 1.85. The molecular weight excluding hydrogens is 212 g/mol. The molecule has 0 unspecified atom stereocenters. The fourth-order valence-corrected chi connectivity index (χ4v) is 1.73. The van der Waals surface area contributed by atoms with Crippen molar-refractivity contribution in [1.82, 2.24) is 20.1 Å². The van der Waals surface area contributed by atoms with Gasteiger partial charge in [0.1, 0.15) is 0 Å². The summed E-state index contributed by atoms with van der Waals surface area (Å²) in [5.41, 5.74) is 2.24. The van der Waals surface area contributed by atoms with Gasteiger partial charge in [0.25, 0.3) is 0 Å². The number of hydrogen-bond donors (Lipinski definition) is 1. The van der Waals surface area contributed by atoms with E-state index in [1.165, 1.54) is 0 Å². The molecule has 4 heteroatoms. The molecule has 0 bridgehead atoms. The van der Waals surface area contributed by atoms with Crippen LogP contribution >= 0.6 is 0 Å². The Morgan fingerprint density at radius 3 is 2.82 bits per heavy atom. The molecule has 17 heavy (non-hydrogen) atoms. The Morgan fingerprint density at radius 2 is 2.18 bits per heavy atom. The monoisotopic (exact) mass is 230 g/mol. The van der Waals surface area contributed by atoms with Crippen molar-refractivity contribution in [2.24, 2.45) is 0 Å². The Morgan fingerprint density at radius 1 is 1.35 bits per heavy atom. The summed E-state index contributed by atoms with van der Waals surface area (Å²) in [6.07, 6.45) is 3.77. The summed E-state index contributed by atoms with van der Waals surface area (Å²) in [5, 5.41) is 7.69. The molecule has 2 heterocycles. The second kappa shape index (κ2) is 5.10. The van der Waals surface area contributed by atoms with E-state index in [-0.39, 0.29) is 0 Å². The predicted octanol–water partition coefficient (Wildman–Crippen LogP) is 2.11. The Labute approximate surface area is 102 Å². The van der Waals surface area contributed by atoms with Crippen molar-refractivity contribution in [2.45, 2.75) is 26.3 Å². The number of hydrogen-bond acceptors (Lipinski definition) is 3. The lowest BCUT2D eigenvalue weighted by Gasteiger charge is -2.07. The van der Waals surface area contributed by atoms with Crippen LogP contribution in [0.5, 0.6) is 0 Å². The van der Waals surface area contributed by atoms with Crippen molar-refractivity contribution < 1.29 is 0 Å². The van der Waals surface area contributed by atoms with E-state index in [9.17, 15) is 0 Å². The molecule has 0 amide bonds. The molecule has 0 atom stereocenters. The fraction of sp³-hybridized carbons (Fsp3) is 0.385. The van der Waals surface area contributed by atoms with Gasteiger partial charge in [-0.3, -0.25) is 0 Å². The van der Waals surface area contributed by atoms with Gasteiger partial charge in [0.15, 0.2) is 5.82 Å². The van der Waals surface area contributed by atoms with Crippen molar-refractivity contribution in [1.29, 1.82) is 0 Å². The molecule has 0 saturated heterocycles. The lowest BCUT2D eigenvalue weighted by Crippen LogP contribution is -2.11. The van der Waals surface area contributed by atoms with Gasteiger partial charge in [0, 0.05) is 24.5 Å². The van der Waals surface area contributed by atoms with Gasteiger partial charge in [-0.1, -0.05) is 19.9 Å². The number of aromatic nitrogens is 3. The molecule has 0 aliphatic rings. The maximum Gasteiger partial charge on any atom is 0.157 e. The quantitative estimate of drug-likeness (QED) is 0.874. The van der Waals surface area contributed by atoms with Crippen molar-refractivity contribution in [3.8, 4) is 5.82 Å². The molecule has 2 aromatic heterocycles. The van der Waals surface area contributed by atoms with Gasteiger partial charge >= 0.3 is 0 Å². The van der Waals surface area contributed by atoms with Crippen molar-refractivity contribution >= 4 is 0 Å². The number of rotatable bonds is 4. The van der Waals surface area contributed by atoms with Crippen LogP contribution in [0, 0.1) is 0 Å². The molecule has 0 aromatic carbocycles. The third kappa shape index (κ3) is 2.53. The van der Waals surface area contributed by atoms with Gasteiger partial charge in [0.2, 0.25) is 0 Å². The van der Waals surface area contributed by atoms with E-state index in [0.29, 0.717) is 5.92 Å². The van der Waals surface area contributed by atoms with E-state index in [0.717, 1.165) is 23.6 Å². The van der Waals surface area contributed by atoms with Crippen molar-refractivity contribution in [3.63, 3.8) is 0 Å². The number of nitrogens with one attached hydrogen (secondary N) is 1. The molecule has 90 valence electrons. The van der Waals surface area contributed by atoms with Gasteiger partial charge in [-0.2, -0.15) is 5.10 Å². The van der Waals surface area contributed by atoms with Gasteiger partial charge in [-0.15, -0.1) is 0 Å². The van der Waals surface area contributed by atoms with E-state index in [2.05, 4.69) is 35.3 Å². The fourth-order valence-electron chi connectivity index (χ4n) is 1.73. The second-order valence-corrected chi connectivity index (χ2v) is 4.36. The maximum atomic E-state index is 4.55. The summed E-state index contributed by atoms with van der Waals surface area (Å²) in [7, 11) is 1.93. The summed E-state index contributed by atoms with van der Waals surface area (Å²) in [6, 6.07) is 6.06. The second-order valence-electron chi connectivity index (χ2n) is 4.36. The van der Waals surface area contributed by atoms with E-state index in [1.807, 2.05) is 30.1 Å². The lowest BCUT2D eigenvalue weighted by molar-refractivity contribution is 0.737. The topological polar surface area (TPSA) is 42.7 Å². The Balaban J connectivity index is 2.38. The number of pyridine rings is 1. The third-order valence-corrected chi connectivity index (χ3v) is 2.65. The van der Waals surface area contributed by atoms with Crippen LogP contribution in [0.2, 0.25) is 0 Å². The zero-order valence-corrected chi connectivity index (χ0v) is 10.5. The maximum absolute atomic E-state index is 4.55. The molecular formula is C13H18N4. The number of nitrogens with zero attached hydrogens (tertiary/aromatic N) is 3. The van der Waals surface area contributed by atoms with Crippen LogP contribution in [0.25, 0.3) is 5.82 Å². The standard InChI is InChI=1S/C13H18N4/c1-10(2)12-6-8-17(16-12)13-11(9-14-3)5-4-7-15-13/h4-8,10,14H,9H2,1-3H3. The first-order valence-electron chi connectivity index (χ1n) is 5.87. The smallest absolute Gasteiger partial charge is 0.157 e. The van der Waals surface area contributed by atoms with E-state index >= 15 is 0 Å². The summed E-state index contributed by atoms with van der Waals surface area (Å²) in [4.78, 5) is 4.40. The molecule has 4 nitrogen and oxygen atoms in total. The van der Waals surface area contributed by atoms with Crippen LogP contribution in [0.15, 0.2) is 30.6 Å². The van der Waals surface area contributed by atoms with E-state index in [1.54, 1.807) is 6.20 Å². The molecule has 2 rings (SSSR count). The minimum atomic E-state index is 0.438. The molecule has 0 radical (unpaired) electrons. The highest BCUT2D eigenvalue weighted by molar-refractivity contribution is 5.33. The Bertz CT molecular complexity index is 488. The van der Waals surface area contributed by atoms with Crippen LogP contribution < -0.4 is 5.32 Å². The zero-order valence-electron chi connectivity index (χ0n) is 10.5. The lowest BCUT2D eigenvalue weighted by atomic mass is 10.1. The summed E-state index contributed by atoms with van der Waals surface area (Å²) in [6.45, 7) is 5.07. The van der Waals surface area contributed by atoms with Gasteiger partial charge in [0.05, 0.1) is 5.69 Å². The molecule has 0 saturated carbocycles. The normalized spacial score (nSPS) is 11.1. The van der Waals surface area contributed by atoms with Crippen molar-refractivity contribution in [3.05, 3.63) is 41.9 Å². The van der Waals surface area contributed by atoms with Crippen LogP contribution in [0.4, 0.5) is 0 Å². The van der Waals surface area contributed by atoms with Gasteiger partial charge < -0.3 is 5.32 Å². The first-order valence-corrected chi connectivity index (χ1v) is 5.87. The zero-order chi connectivity index (χ0) is 12.3. The minimum absolute atomic E-state index is 0.438. The summed E-state index contributed by atoms with van der Waals surface area (Å²) >= 11 is 0. The van der Waals surface area contributed by atoms with E-state index < -0.39 is 0 Å². The molecule has 0 aliphatic heterocycles. The van der Waals surface area contributed by atoms with Gasteiger partial charge in [-0.05, 0) is 25.1 Å². The highest BCUT2D eigenvalue weighted by atomic mass is 15.3. The average molecular weight is 230 g/mol. The first-order chi connectivity index (χ1) is 8.22. The Hall–Kier alpha value is -1.68. The minimum Gasteiger partial charge on any atom is -0.316 e. The highest BCUT2D eigenvalue weighted by Crippen LogP contribution is 2.15. The van der Waals surface area contributed by atoms with Crippen LogP contribution in [-0.4, -0.2) is 21.8 Å². The van der Waals surface area contributed by atoms with Crippen LogP contribution in [0.3, 0.4) is 0 Å². The van der Waals surface area contributed by atoms with Gasteiger partial charge in [-0.25, -0.2) is 9.67 Å². The highest BCUT2D eigenvalue weighted by Gasteiger charge is 2.08. The van der Waals surface area contributed by atoms with Crippen molar-refractivity contribution in [2.75, 3.05) is 7.05 Å². The molecule has 0 aliphatic carbocycles. The van der Waals surface area contributed by atoms with Crippen LogP contribution in [-0.2, 0) is 6.54 Å². The molecule has 1 N–H and O–H groups in total. The van der Waals surface area contributed by atoms with E-state index in [4.69, 9.17) is 0 Å². The largest absolute Gasteiger partial charge is 0.316 e. The van der Waals surface area contributed by atoms with Crippen LogP contribution in [0.1, 0.15) is 31.0 Å². The predicted molar refractivity (Wildman–Crippen MR) is 68.2 cm³/mol. The third-order valence-electron chi connectivity index (χ3n) is 2.65.